The van der Waals surface area contributed by atoms with Crippen LogP contribution in [0.5, 0.6) is 0 Å². The quantitative estimate of drug-likeness (QED) is 0.473. The highest BCUT2D eigenvalue weighted by atomic mass is 16.1. The van der Waals surface area contributed by atoms with E-state index in [2.05, 4.69) is 48.6 Å². The molecule has 1 heterocycles. The first kappa shape index (κ1) is 20.6. The van der Waals surface area contributed by atoms with Crippen molar-refractivity contribution in [3.63, 3.8) is 0 Å². The fraction of sp³-hybridized carbons (Fsp3) is 0.522. The third-order valence-corrected chi connectivity index (χ3v) is 5.52. The molecule has 3 nitrogen and oxygen atoms in total. The lowest BCUT2D eigenvalue weighted by Crippen LogP contribution is -2.36. The first-order valence-electron chi connectivity index (χ1n) is 9.92. The summed E-state index contributed by atoms with van der Waals surface area (Å²) in [5, 5.41) is 3.36. The number of benzene rings is 1. The number of aldehydes is 1. The molecular weight excluding hydrogens is 320 g/mol. The van der Waals surface area contributed by atoms with Crippen molar-refractivity contribution >= 4 is 12.4 Å². The Labute approximate surface area is 159 Å². The van der Waals surface area contributed by atoms with Crippen molar-refractivity contribution in [1.82, 2.24) is 10.2 Å². The highest BCUT2D eigenvalue weighted by Gasteiger charge is 2.18. The molecule has 142 valence electrons. The molecule has 26 heavy (non-hydrogen) atoms. The molecule has 0 saturated carbocycles. The first-order valence-corrected chi connectivity index (χ1v) is 9.92. The summed E-state index contributed by atoms with van der Waals surface area (Å²) >= 11 is 0. The monoisotopic (exact) mass is 354 g/mol. The van der Waals surface area contributed by atoms with Crippen LogP contribution < -0.4 is 5.32 Å². The Bertz CT molecular complexity index is 596. The summed E-state index contributed by atoms with van der Waals surface area (Å²) in [6.07, 6.45) is 12.7. The molecule has 0 aliphatic carbocycles. The molecule has 1 fully saturated rings. The predicted molar refractivity (Wildman–Crippen MR) is 111 cm³/mol. The van der Waals surface area contributed by atoms with Gasteiger partial charge < -0.3 is 15.0 Å². The zero-order chi connectivity index (χ0) is 18.8. The Morgan fingerprint density at radius 3 is 2.88 bits per heavy atom. The van der Waals surface area contributed by atoms with Gasteiger partial charge in [0.05, 0.1) is 6.04 Å². The van der Waals surface area contributed by atoms with E-state index in [1.807, 2.05) is 12.2 Å². The number of nitrogens with zero attached hydrogens (tertiary/aromatic N) is 1. The number of carbonyl (C=O) groups is 1. The van der Waals surface area contributed by atoms with Crippen LogP contribution in [0.4, 0.5) is 0 Å². The third-order valence-electron chi connectivity index (χ3n) is 5.52. The van der Waals surface area contributed by atoms with Crippen molar-refractivity contribution in [3.05, 3.63) is 54.1 Å². The molecular formula is C23H34N2O. The van der Waals surface area contributed by atoms with E-state index >= 15 is 0 Å². The Morgan fingerprint density at radius 2 is 2.19 bits per heavy atom. The normalized spacial score (nSPS) is 19.0. The van der Waals surface area contributed by atoms with E-state index in [4.69, 9.17) is 0 Å². The first-order chi connectivity index (χ1) is 12.7. The van der Waals surface area contributed by atoms with E-state index in [-0.39, 0.29) is 6.04 Å². The lowest BCUT2D eigenvalue weighted by molar-refractivity contribution is -0.109. The second-order valence-electron chi connectivity index (χ2n) is 7.40. The van der Waals surface area contributed by atoms with Gasteiger partial charge in [0.1, 0.15) is 6.29 Å². The maximum Gasteiger partial charge on any atom is 0.136 e. The molecule has 1 aromatic carbocycles. The molecule has 3 heteroatoms. The van der Waals surface area contributed by atoms with Gasteiger partial charge in [0, 0.05) is 12.6 Å². The minimum atomic E-state index is -0.120. The van der Waals surface area contributed by atoms with Crippen molar-refractivity contribution < 1.29 is 4.79 Å². The molecule has 2 atom stereocenters. The van der Waals surface area contributed by atoms with Crippen LogP contribution in [0.1, 0.15) is 55.2 Å². The summed E-state index contributed by atoms with van der Waals surface area (Å²) in [5.41, 5.74) is 3.74. The topological polar surface area (TPSA) is 32.3 Å². The summed E-state index contributed by atoms with van der Waals surface area (Å²) in [6, 6.07) is 7.25. The predicted octanol–water partition coefficient (Wildman–Crippen LogP) is 4.37. The van der Waals surface area contributed by atoms with Crippen molar-refractivity contribution in [2.45, 2.75) is 63.6 Å². The number of aryl methyl sites for hydroxylation is 1. The number of rotatable bonds is 11. The van der Waals surface area contributed by atoms with Gasteiger partial charge in [-0.1, -0.05) is 43.4 Å². The lowest BCUT2D eigenvalue weighted by atomic mass is 9.94. The number of piperidine rings is 1. The second kappa shape index (κ2) is 11.1. The van der Waals surface area contributed by atoms with Gasteiger partial charge in [-0.05, 0) is 68.8 Å². The summed E-state index contributed by atoms with van der Waals surface area (Å²) in [5.74, 6) is 0. The zero-order valence-corrected chi connectivity index (χ0v) is 16.3. The van der Waals surface area contributed by atoms with E-state index in [1.165, 1.54) is 43.4 Å². The Kier molecular flexibility index (Phi) is 8.79. The van der Waals surface area contributed by atoms with Gasteiger partial charge >= 0.3 is 0 Å². The largest absolute Gasteiger partial charge is 0.304 e. The van der Waals surface area contributed by atoms with Crippen LogP contribution in [0, 0.1) is 0 Å². The highest BCUT2D eigenvalue weighted by molar-refractivity contribution is 5.58. The molecule has 1 aromatic rings. The van der Waals surface area contributed by atoms with Crippen molar-refractivity contribution in [1.29, 1.82) is 0 Å². The van der Waals surface area contributed by atoms with Gasteiger partial charge in [-0.2, -0.15) is 0 Å². The number of hydrogen-bond acceptors (Lipinski definition) is 3. The van der Waals surface area contributed by atoms with Gasteiger partial charge in [-0.25, -0.2) is 0 Å². The summed E-state index contributed by atoms with van der Waals surface area (Å²) in [7, 11) is 2.25. The van der Waals surface area contributed by atoms with Crippen LogP contribution in [0.25, 0.3) is 6.08 Å². The molecule has 1 N–H and O–H groups in total. The van der Waals surface area contributed by atoms with E-state index in [0.717, 1.165) is 31.1 Å². The molecule has 2 unspecified atom stereocenters. The lowest BCUT2D eigenvalue weighted by Gasteiger charge is -2.32. The molecule has 0 bridgehead atoms. The number of carbonyl (C=O) groups excluding carboxylic acids is 1. The van der Waals surface area contributed by atoms with Crippen LogP contribution >= 0.6 is 0 Å². The molecule has 0 amide bonds. The van der Waals surface area contributed by atoms with Gasteiger partial charge in [-0.3, -0.25) is 0 Å². The van der Waals surface area contributed by atoms with Gasteiger partial charge in [0.2, 0.25) is 0 Å². The standard InChI is InChI=1S/C23H34N2O/c1-4-6-9-22(18-26)24-17-21-16-19(11-13-20(21)5-2)12-14-23-10-7-8-15-25(23)3/h4-5,11,13,16,18,22-24H,1-2,6-10,12,14-15,17H2,3H3. The molecule has 0 aromatic heterocycles. The van der Waals surface area contributed by atoms with Crippen LogP contribution in [-0.4, -0.2) is 36.9 Å². The average Bonchev–Trinajstić information content (AvgIpc) is 2.67. The maximum atomic E-state index is 11.2. The van der Waals surface area contributed by atoms with Gasteiger partial charge in [0.15, 0.2) is 0 Å². The Morgan fingerprint density at radius 1 is 1.35 bits per heavy atom. The van der Waals surface area contributed by atoms with Gasteiger partial charge in [-0.15, -0.1) is 6.58 Å². The fourth-order valence-electron chi connectivity index (χ4n) is 3.77. The SMILES string of the molecule is C=CCCC(C=O)NCc1cc(CCC2CCCCN2C)ccc1C=C. The smallest absolute Gasteiger partial charge is 0.136 e. The summed E-state index contributed by atoms with van der Waals surface area (Å²) in [4.78, 5) is 13.8. The minimum absolute atomic E-state index is 0.120. The molecule has 1 saturated heterocycles. The summed E-state index contributed by atoms with van der Waals surface area (Å²) < 4.78 is 0. The summed E-state index contributed by atoms with van der Waals surface area (Å²) in [6.45, 7) is 9.58. The van der Waals surface area contributed by atoms with Gasteiger partial charge in [0.25, 0.3) is 0 Å². The van der Waals surface area contributed by atoms with Crippen LogP contribution in [0.3, 0.4) is 0 Å². The molecule has 0 spiro atoms. The van der Waals surface area contributed by atoms with E-state index < -0.39 is 0 Å². The highest BCUT2D eigenvalue weighted by Crippen LogP contribution is 2.21. The Balaban J connectivity index is 1.96. The van der Waals surface area contributed by atoms with Crippen LogP contribution in [0.2, 0.25) is 0 Å². The molecule has 1 aliphatic rings. The number of likely N-dealkylation sites (tertiary alicyclic amines) is 1. The second-order valence-corrected chi connectivity index (χ2v) is 7.40. The van der Waals surface area contributed by atoms with E-state index in [9.17, 15) is 4.79 Å². The van der Waals surface area contributed by atoms with Crippen molar-refractivity contribution in [2.24, 2.45) is 0 Å². The molecule has 2 rings (SSSR count). The van der Waals surface area contributed by atoms with E-state index in [1.54, 1.807) is 0 Å². The number of allylic oxidation sites excluding steroid dienone is 1. The minimum Gasteiger partial charge on any atom is -0.304 e. The number of nitrogens with one attached hydrogen (secondary N) is 1. The third kappa shape index (κ3) is 6.22. The maximum absolute atomic E-state index is 11.2. The van der Waals surface area contributed by atoms with E-state index in [0.29, 0.717) is 12.6 Å². The van der Waals surface area contributed by atoms with Crippen molar-refractivity contribution in [2.75, 3.05) is 13.6 Å². The Hall–Kier alpha value is -1.71. The zero-order valence-electron chi connectivity index (χ0n) is 16.3. The van der Waals surface area contributed by atoms with Crippen molar-refractivity contribution in [3.8, 4) is 0 Å². The number of hydrogen-bond donors (Lipinski definition) is 1. The van der Waals surface area contributed by atoms with Crippen LogP contribution in [0.15, 0.2) is 37.4 Å². The average molecular weight is 355 g/mol. The molecule has 0 radical (unpaired) electrons. The fourth-order valence-corrected chi connectivity index (χ4v) is 3.77. The molecule has 1 aliphatic heterocycles. The van der Waals surface area contributed by atoms with Crippen LogP contribution in [-0.2, 0) is 17.8 Å².